The molecule has 0 atom stereocenters. The normalized spacial score (nSPS) is 12.4. The van der Waals surface area contributed by atoms with E-state index >= 15 is 0 Å². The zero-order valence-corrected chi connectivity index (χ0v) is 12.5. The molecule has 0 bridgehead atoms. The minimum Gasteiger partial charge on any atom is -0.478 e. The Morgan fingerprint density at radius 3 is 2.47 bits per heavy atom. The second kappa shape index (κ2) is 5.48. The van der Waals surface area contributed by atoms with Gasteiger partial charge in [0, 0.05) is 5.54 Å². The highest BCUT2D eigenvalue weighted by molar-refractivity contribution is 7.89. The van der Waals surface area contributed by atoms with Crippen LogP contribution in [0.25, 0.3) is 0 Å². The smallest absolute Gasteiger partial charge is 0.337 e. The first-order chi connectivity index (χ1) is 8.59. The van der Waals surface area contributed by atoms with Crippen LogP contribution in [0.3, 0.4) is 0 Å². The van der Waals surface area contributed by atoms with Crippen molar-refractivity contribution in [2.75, 3.05) is 0 Å². The van der Waals surface area contributed by atoms with E-state index in [1.165, 1.54) is 12.1 Å². The zero-order valence-electron chi connectivity index (χ0n) is 10.9. The molecule has 7 heteroatoms. The number of aromatic carboxylic acids is 1. The van der Waals surface area contributed by atoms with E-state index in [0.717, 1.165) is 6.07 Å². The van der Waals surface area contributed by atoms with Gasteiger partial charge < -0.3 is 5.11 Å². The van der Waals surface area contributed by atoms with E-state index in [9.17, 15) is 13.2 Å². The molecule has 2 N–H and O–H groups in total. The Morgan fingerprint density at radius 1 is 1.42 bits per heavy atom. The Labute approximate surface area is 117 Å². The van der Waals surface area contributed by atoms with Crippen LogP contribution >= 0.6 is 11.6 Å². The van der Waals surface area contributed by atoms with E-state index in [4.69, 9.17) is 16.7 Å². The van der Waals surface area contributed by atoms with Gasteiger partial charge in [0.1, 0.15) is 0 Å². The van der Waals surface area contributed by atoms with Crippen LogP contribution in [0.1, 0.15) is 37.6 Å². The Bertz CT molecular complexity index is 596. The molecule has 0 saturated heterocycles. The number of hydrogen-bond acceptors (Lipinski definition) is 3. The molecular weight excluding hydrogens is 290 g/mol. The first-order valence-corrected chi connectivity index (χ1v) is 7.52. The van der Waals surface area contributed by atoms with E-state index in [0.29, 0.717) is 6.42 Å². The van der Waals surface area contributed by atoms with Crippen LogP contribution in [0.5, 0.6) is 0 Å². The van der Waals surface area contributed by atoms with Crippen LogP contribution in [0, 0.1) is 0 Å². The van der Waals surface area contributed by atoms with E-state index in [2.05, 4.69) is 4.72 Å². The Hall–Kier alpha value is -1.11. The summed E-state index contributed by atoms with van der Waals surface area (Å²) in [5.74, 6) is -1.27. The lowest BCUT2D eigenvalue weighted by Crippen LogP contribution is -2.42. The average molecular weight is 306 g/mol. The Balaban J connectivity index is 3.23. The van der Waals surface area contributed by atoms with Crippen LogP contribution in [-0.2, 0) is 10.0 Å². The molecule has 5 nitrogen and oxygen atoms in total. The number of nitrogens with one attached hydrogen (secondary N) is 1. The highest BCUT2D eigenvalue weighted by atomic mass is 35.5. The second-order valence-corrected chi connectivity index (χ2v) is 6.88. The van der Waals surface area contributed by atoms with Crippen LogP contribution < -0.4 is 4.72 Å². The van der Waals surface area contributed by atoms with Gasteiger partial charge in [0.15, 0.2) is 0 Å². The minimum atomic E-state index is -3.77. The Morgan fingerprint density at radius 2 is 2.00 bits per heavy atom. The van der Waals surface area contributed by atoms with Gasteiger partial charge in [-0.1, -0.05) is 18.5 Å². The molecule has 1 rings (SSSR count). The fourth-order valence-corrected chi connectivity index (χ4v) is 3.04. The quantitative estimate of drug-likeness (QED) is 0.875. The summed E-state index contributed by atoms with van der Waals surface area (Å²) in [5, 5.41) is 8.94. The molecule has 0 aliphatic heterocycles. The van der Waals surface area contributed by atoms with Crippen LogP contribution in [0.4, 0.5) is 0 Å². The third-order valence-corrected chi connectivity index (χ3v) is 4.80. The lowest BCUT2D eigenvalue weighted by atomic mass is 10.0. The number of carbonyl (C=O) groups is 1. The van der Waals surface area contributed by atoms with E-state index in [-0.39, 0.29) is 15.5 Å². The highest BCUT2D eigenvalue weighted by Crippen LogP contribution is 2.22. The van der Waals surface area contributed by atoms with Crippen molar-refractivity contribution in [2.24, 2.45) is 0 Å². The number of halogens is 1. The molecule has 0 saturated carbocycles. The van der Waals surface area contributed by atoms with Gasteiger partial charge in [-0.05, 0) is 38.5 Å². The summed E-state index contributed by atoms with van der Waals surface area (Å²) in [4.78, 5) is 10.8. The Kier molecular flexibility index (Phi) is 4.60. The molecule has 1 aromatic rings. The maximum absolute atomic E-state index is 12.1. The molecule has 19 heavy (non-hydrogen) atoms. The minimum absolute atomic E-state index is 0.00111. The van der Waals surface area contributed by atoms with E-state index in [1.807, 2.05) is 6.92 Å². The fourth-order valence-electron chi connectivity index (χ4n) is 1.33. The predicted octanol–water partition coefficient (Wildman–Crippen LogP) is 2.51. The SMILES string of the molecule is CCC(C)(C)NS(=O)(=O)c1ccc(Cl)c(C(=O)O)c1. The number of hydrogen-bond donors (Lipinski definition) is 2. The average Bonchev–Trinajstić information content (AvgIpc) is 2.27. The molecule has 0 heterocycles. The molecule has 0 fully saturated rings. The maximum Gasteiger partial charge on any atom is 0.337 e. The van der Waals surface area contributed by atoms with Gasteiger partial charge in [-0.2, -0.15) is 0 Å². The van der Waals surface area contributed by atoms with Gasteiger partial charge in [0.2, 0.25) is 10.0 Å². The number of carboxylic acid groups (broad SMARTS) is 1. The third kappa shape index (κ3) is 3.92. The first kappa shape index (κ1) is 15.9. The van der Waals surface area contributed by atoms with Crippen molar-refractivity contribution in [3.63, 3.8) is 0 Å². The largest absolute Gasteiger partial charge is 0.478 e. The number of sulfonamides is 1. The molecule has 106 valence electrons. The molecule has 0 unspecified atom stereocenters. The van der Waals surface area contributed by atoms with Gasteiger partial charge in [-0.15, -0.1) is 0 Å². The molecule has 0 amide bonds. The van der Waals surface area contributed by atoms with Crippen molar-refractivity contribution >= 4 is 27.6 Å². The number of rotatable bonds is 5. The second-order valence-electron chi connectivity index (χ2n) is 4.79. The van der Waals surface area contributed by atoms with Crippen molar-refractivity contribution in [1.82, 2.24) is 4.72 Å². The van der Waals surface area contributed by atoms with Gasteiger partial charge >= 0.3 is 5.97 Å². The molecule has 0 aromatic heterocycles. The van der Waals surface area contributed by atoms with Crippen molar-refractivity contribution in [3.05, 3.63) is 28.8 Å². The fraction of sp³-hybridized carbons (Fsp3) is 0.417. The molecule has 0 aliphatic carbocycles. The van der Waals surface area contributed by atoms with E-state index in [1.54, 1.807) is 13.8 Å². The summed E-state index contributed by atoms with van der Waals surface area (Å²) in [6.45, 7) is 5.35. The summed E-state index contributed by atoms with van der Waals surface area (Å²) >= 11 is 5.71. The lowest BCUT2D eigenvalue weighted by Gasteiger charge is -2.24. The molecular formula is C12H16ClNO4S. The summed E-state index contributed by atoms with van der Waals surface area (Å²) in [7, 11) is -3.77. The van der Waals surface area contributed by atoms with Crippen LogP contribution in [0.15, 0.2) is 23.1 Å². The molecule has 0 spiro atoms. The van der Waals surface area contributed by atoms with Crippen molar-refractivity contribution in [2.45, 2.75) is 37.6 Å². The highest BCUT2D eigenvalue weighted by Gasteiger charge is 2.25. The third-order valence-electron chi connectivity index (χ3n) is 2.77. The summed E-state index contributed by atoms with van der Waals surface area (Å²) < 4.78 is 26.8. The van der Waals surface area contributed by atoms with Gasteiger partial charge in [0.25, 0.3) is 0 Å². The summed E-state index contributed by atoms with van der Waals surface area (Å²) in [6.07, 6.45) is 0.603. The van der Waals surface area contributed by atoms with Gasteiger partial charge in [-0.25, -0.2) is 17.9 Å². The maximum atomic E-state index is 12.1. The summed E-state index contributed by atoms with van der Waals surface area (Å²) in [6, 6.07) is 3.60. The summed E-state index contributed by atoms with van der Waals surface area (Å²) in [5.41, 5.74) is -0.846. The van der Waals surface area contributed by atoms with Gasteiger partial charge in [0.05, 0.1) is 15.5 Å². The van der Waals surface area contributed by atoms with Crippen molar-refractivity contribution in [3.8, 4) is 0 Å². The first-order valence-electron chi connectivity index (χ1n) is 5.66. The monoisotopic (exact) mass is 305 g/mol. The van der Waals surface area contributed by atoms with E-state index < -0.39 is 21.5 Å². The molecule has 0 aliphatic rings. The number of carboxylic acids is 1. The molecule has 1 aromatic carbocycles. The predicted molar refractivity (Wildman–Crippen MR) is 73.1 cm³/mol. The van der Waals surface area contributed by atoms with Gasteiger partial charge in [-0.3, -0.25) is 0 Å². The van der Waals surface area contributed by atoms with Crippen LogP contribution in [-0.4, -0.2) is 25.0 Å². The lowest BCUT2D eigenvalue weighted by molar-refractivity contribution is 0.0697. The topological polar surface area (TPSA) is 83.5 Å². The standard InChI is InChI=1S/C12H16ClNO4S/c1-4-12(2,3)14-19(17,18)8-5-6-10(13)9(7-8)11(15)16/h5-7,14H,4H2,1-3H3,(H,15,16). The number of benzene rings is 1. The van der Waals surface area contributed by atoms with Crippen molar-refractivity contribution < 1.29 is 18.3 Å². The molecule has 0 radical (unpaired) electrons. The van der Waals surface area contributed by atoms with Crippen molar-refractivity contribution in [1.29, 1.82) is 0 Å². The zero-order chi connectivity index (χ0) is 14.8. The van der Waals surface area contributed by atoms with Crippen LogP contribution in [0.2, 0.25) is 5.02 Å².